The van der Waals surface area contributed by atoms with Crippen molar-refractivity contribution in [1.82, 2.24) is 53.3 Å². The normalized spacial score (nSPS) is 20.6. The Morgan fingerprint density at radius 1 is 0.800 bits per heavy atom. The fourth-order valence-electron chi connectivity index (χ4n) is 8.90. The van der Waals surface area contributed by atoms with E-state index in [4.69, 9.17) is 0 Å². The van der Waals surface area contributed by atoms with Gasteiger partial charge in [0, 0.05) is 86.5 Å². The van der Waals surface area contributed by atoms with E-state index < -0.39 is 43.5 Å². The van der Waals surface area contributed by atoms with Crippen molar-refractivity contribution in [2.75, 3.05) is 39.3 Å². The van der Waals surface area contributed by atoms with E-state index in [1.165, 1.54) is 4.90 Å². The highest BCUT2D eigenvalue weighted by atomic mass is 19.4. The third-order valence-corrected chi connectivity index (χ3v) is 12.0. The molecule has 2 aliphatic heterocycles. The van der Waals surface area contributed by atoms with E-state index in [9.17, 15) is 35.9 Å². The van der Waals surface area contributed by atoms with E-state index in [0.29, 0.717) is 31.8 Å². The first kappa shape index (κ1) is 42.8. The number of aromatic nitrogens is 7. The van der Waals surface area contributed by atoms with Gasteiger partial charge in [0.1, 0.15) is 13.1 Å². The molecule has 0 aromatic carbocycles. The molecule has 0 saturated carbocycles. The van der Waals surface area contributed by atoms with Gasteiger partial charge >= 0.3 is 24.4 Å². The summed E-state index contributed by atoms with van der Waals surface area (Å²) in [6.45, 7) is 10.5. The van der Waals surface area contributed by atoms with Crippen molar-refractivity contribution in [1.29, 1.82) is 0 Å². The van der Waals surface area contributed by atoms with E-state index in [2.05, 4.69) is 60.2 Å². The fraction of sp³-hybridized carbons (Fsp3) is 0.561. The van der Waals surface area contributed by atoms with Crippen LogP contribution in [-0.4, -0.2) is 118 Å². The zero-order valence-corrected chi connectivity index (χ0v) is 34.5. The minimum Gasteiger partial charge on any atom is -0.329 e. The van der Waals surface area contributed by atoms with Gasteiger partial charge in [-0.3, -0.25) is 13.8 Å². The molecule has 2 saturated heterocycles. The van der Waals surface area contributed by atoms with Crippen LogP contribution in [0.25, 0.3) is 28.5 Å². The van der Waals surface area contributed by atoms with E-state index in [0.717, 1.165) is 63.7 Å². The Morgan fingerprint density at radius 3 is 2.00 bits per heavy atom. The quantitative estimate of drug-likeness (QED) is 0.158. The second kappa shape index (κ2) is 16.6. The third kappa shape index (κ3) is 8.48. The number of urea groups is 2. The number of nitrogens with one attached hydrogen (secondary N) is 1. The highest BCUT2D eigenvalue weighted by Crippen LogP contribution is 2.38. The number of allylic oxidation sites excluding steroid dienone is 1. The first-order valence-corrected chi connectivity index (χ1v) is 20.4. The molecule has 4 atom stereocenters. The third-order valence-electron chi connectivity index (χ3n) is 12.0. The maximum Gasteiger partial charge on any atom is 0.406 e. The topological polar surface area (TPSA) is 121 Å². The van der Waals surface area contributed by atoms with Crippen molar-refractivity contribution in [3.63, 3.8) is 0 Å². The molecular weight excluding hydrogens is 793 g/mol. The Hall–Kier alpha value is -5.36. The summed E-state index contributed by atoms with van der Waals surface area (Å²) in [5, 5.41) is 1.98. The number of hydrogen-bond acceptors (Lipinski definition) is 6. The number of fused-ring (bicyclic) bond motifs is 6. The second-order valence-electron chi connectivity index (χ2n) is 16.5. The number of alkyl halides is 6. The van der Waals surface area contributed by atoms with Crippen LogP contribution in [0.15, 0.2) is 43.1 Å². The van der Waals surface area contributed by atoms with Crippen LogP contribution in [0.1, 0.15) is 95.0 Å². The summed E-state index contributed by atoms with van der Waals surface area (Å²) in [6.07, 6.45) is 6.73. The van der Waals surface area contributed by atoms with Gasteiger partial charge in [-0.2, -0.15) is 26.3 Å². The predicted molar refractivity (Wildman–Crippen MR) is 214 cm³/mol. The zero-order valence-electron chi connectivity index (χ0n) is 34.5. The lowest BCUT2D eigenvalue weighted by Gasteiger charge is -2.32. The van der Waals surface area contributed by atoms with Crippen LogP contribution in [0.2, 0.25) is 0 Å². The SMILES string of the molecule is CC[C@@H]1CN(C(=O)N(CC(F)(F)F)C(C)C)C[C@@H]1c1cnc2cnc3c(n12)C=CC3.CC[C@@H]1CN(C(=O)NCC(F)(F)F)C[C@@H]1c1cnc2cnc3c(ccn3C(C)C)n12. The lowest BCUT2D eigenvalue weighted by atomic mass is 9.91. The van der Waals surface area contributed by atoms with Gasteiger partial charge in [-0.1, -0.05) is 32.8 Å². The summed E-state index contributed by atoms with van der Waals surface area (Å²) in [5.41, 5.74) is 7.18. The van der Waals surface area contributed by atoms with Gasteiger partial charge in [-0.25, -0.2) is 24.5 Å². The number of carbonyl (C=O) groups excluding carboxylic acids is 2. The summed E-state index contributed by atoms with van der Waals surface area (Å²) < 4.78 is 82.7. The number of rotatable bonds is 8. The molecule has 60 heavy (non-hydrogen) atoms. The average molecular weight is 844 g/mol. The van der Waals surface area contributed by atoms with Gasteiger partial charge in [-0.05, 0) is 51.7 Å². The molecular formula is C41H51F6N11O2. The van der Waals surface area contributed by atoms with Crippen molar-refractivity contribution in [2.45, 2.75) is 97.1 Å². The minimum absolute atomic E-state index is 0.00866. The maximum absolute atomic E-state index is 13.0. The zero-order chi connectivity index (χ0) is 43.3. The van der Waals surface area contributed by atoms with E-state index in [1.54, 1.807) is 37.3 Å². The first-order valence-electron chi connectivity index (χ1n) is 20.4. The minimum atomic E-state index is -4.43. The highest BCUT2D eigenvalue weighted by Gasteiger charge is 2.42. The molecule has 3 aliphatic rings. The lowest BCUT2D eigenvalue weighted by molar-refractivity contribution is -0.143. The van der Waals surface area contributed by atoms with Crippen molar-refractivity contribution in [3.05, 3.63) is 65.9 Å². The number of hydrogen-bond donors (Lipinski definition) is 1. The van der Waals surface area contributed by atoms with Gasteiger partial charge in [0.2, 0.25) is 0 Å². The molecule has 1 N–H and O–H groups in total. The summed E-state index contributed by atoms with van der Waals surface area (Å²) in [7, 11) is 0. The molecule has 4 amide bonds. The summed E-state index contributed by atoms with van der Waals surface area (Å²) >= 11 is 0. The standard InChI is InChI=1S/C21H26F3N5O.C20H25F3N6O/c1-4-14-10-27(20(30)28(13(2)3)12-21(22,23)24)11-15(14)18-8-26-19-9-25-16-6-5-7-17(16)29(18)19;1-4-13-9-27(19(30)26-11-20(21,22)23)10-14(13)16-7-24-17-8-25-18-15(29(16)17)5-6-28(18)12(2)3/h5,7-9,13-15H,4,6,10-12H2,1-3H3;5-8,12-14H,4,9-11H2,1-3H3,(H,26,30)/t14-,15+;13-,14+/m11/s1. The summed E-state index contributed by atoms with van der Waals surface area (Å²) in [4.78, 5) is 47.3. The van der Waals surface area contributed by atoms with E-state index in [-0.39, 0.29) is 29.7 Å². The lowest BCUT2D eigenvalue weighted by Crippen LogP contribution is -2.49. The van der Waals surface area contributed by atoms with Crippen molar-refractivity contribution in [2.24, 2.45) is 11.8 Å². The van der Waals surface area contributed by atoms with Crippen molar-refractivity contribution >= 4 is 40.6 Å². The number of carbonyl (C=O) groups is 2. The Bertz CT molecular complexity index is 2380. The Balaban J connectivity index is 0.000000181. The predicted octanol–water partition coefficient (Wildman–Crippen LogP) is 8.08. The molecule has 2 fully saturated rings. The largest absolute Gasteiger partial charge is 0.406 e. The van der Waals surface area contributed by atoms with Crippen molar-refractivity contribution < 1.29 is 35.9 Å². The van der Waals surface area contributed by atoms with Gasteiger partial charge < -0.3 is 24.6 Å². The molecule has 19 heteroatoms. The molecule has 5 aromatic heterocycles. The fourth-order valence-corrected chi connectivity index (χ4v) is 8.90. The van der Waals surface area contributed by atoms with Crippen LogP contribution >= 0.6 is 0 Å². The molecule has 0 unspecified atom stereocenters. The van der Waals surface area contributed by atoms with Crippen LogP contribution in [0.3, 0.4) is 0 Å². The summed E-state index contributed by atoms with van der Waals surface area (Å²) in [5.74, 6) is 0.281. The molecule has 324 valence electrons. The molecule has 7 heterocycles. The number of likely N-dealkylation sites (tertiary alicyclic amines) is 2. The Morgan fingerprint density at radius 2 is 1.40 bits per heavy atom. The van der Waals surface area contributed by atoms with Crippen LogP contribution in [0.5, 0.6) is 0 Å². The average Bonchev–Trinajstić information content (AvgIpc) is 4.04. The summed E-state index contributed by atoms with van der Waals surface area (Å²) in [6, 6.07) is 0.490. The van der Waals surface area contributed by atoms with Crippen LogP contribution in [0, 0.1) is 11.8 Å². The molecule has 5 aromatic rings. The number of amides is 4. The Labute approximate surface area is 343 Å². The molecule has 0 radical (unpaired) electrons. The number of halogens is 6. The van der Waals surface area contributed by atoms with E-state index >= 15 is 0 Å². The van der Waals surface area contributed by atoms with E-state index in [1.807, 2.05) is 36.8 Å². The van der Waals surface area contributed by atoms with Crippen LogP contribution < -0.4 is 5.32 Å². The molecule has 8 rings (SSSR count). The van der Waals surface area contributed by atoms with Gasteiger partial charge in [0.05, 0.1) is 29.3 Å². The highest BCUT2D eigenvalue weighted by molar-refractivity contribution is 5.77. The molecule has 0 bridgehead atoms. The Kier molecular flexibility index (Phi) is 11.8. The van der Waals surface area contributed by atoms with Gasteiger partial charge in [0.15, 0.2) is 16.9 Å². The first-order chi connectivity index (χ1) is 28.4. The smallest absolute Gasteiger partial charge is 0.329 e. The maximum atomic E-state index is 13.0. The van der Waals surface area contributed by atoms with Gasteiger partial charge in [0.25, 0.3) is 0 Å². The molecule has 13 nitrogen and oxygen atoms in total. The molecule has 1 aliphatic carbocycles. The van der Waals surface area contributed by atoms with Crippen LogP contribution in [-0.2, 0) is 6.42 Å². The van der Waals surface area contributed by atoms with Crippen molar-refractivity contribution in [3.8, 4) is 0 Å². The second-order valence-corrected chi connectivity index (χ2v) is 16.5. The number of imidazole rings is 2. The molecule has 0 spiro atoms. The van der Waals surface area contributed by atoms with Gasteiger partial charge in [-0.15, -0.1) is 0 Å². The van der Waals surface area contributed by atoms with Crippen LogP contribution in [0.4, 0.5) is 35.9 Å². The number of nitrogens with zero attached hydrogens (tertiary/aromatic N) is 10. The monoisotopic (exact) mass is 843 g/mol.